The molecule has 5 rings (SSSR count). The Morgan fingerprint density at radius 3 is 2.64 bits per heavy atom. The van der Waals surface area contributed by atoms with E-state index in [1.165, 1.54) is 6.07 Å². The molecule has 3 aliphatic rings. The molecule has 2 aromatic rings. The number of benzene rings is 1. The van der Waals surface area contributed by atoms with Crippen LogP contribution < -0.4 is 0 Å². The molecule has 0 bridgehead atoms. The molecule has 0 radical (unpaired) electrons. The molecule has 0 amide bonds. The summed E-state index contributed by atoms with van der Waals surface area (Å²) in [5.41, 5.74) is 1.11. The van der Waals surface area contributed by atoms with Crippen molar-refractivity contribution in [1.29, 1.82) is 5.26 Å². The van der Waals surface area contributed by atoms with Crippen LogP contribution >= 0.6 is 0 Å². The Labute approximate surface area is 248 Å². The second-order valence-corrected chi connectivity index (χ2v) is 12.9. The van der Waals surface area contributed by atoms with Crippen LogP contribution in [0.5, 0.6) is 0 Å². The lowest BCUT2D eigenvalue weighted by Gasteiger charge is -2.43. The zero-order valence-electron chi connectivity index (χ0n) is 25.3. The molecule has 0 N–H and O–H groups in total. The number of aryl methyl sites for hydroxylation is 2. The number of aromatic nitrogens is 2. The summed E-state index contributed by atoms with van der Waals surface area (Å²) in [6, 6.07) is 7.15. The van der Waals surface area contributed by atoms with Crippen molar-refractivity contribution in [3.8, 4) is 6.07 Å². The van der Waals surface area contributed by atoms with Crippen molar-refractivity contribution in [1.82, 2.24) is 14.7 Å². The van der Waals surface area contributed by atoms with Crippen LogP contribution in [0.3, 0.4) is 0 Å². The van der Waals surface area contributed by atoms with E-state index in [-0.39, 0.29) is 30.7 Å². The third kappa shape index (κ3) is 6.02. The number of likely N-dealkylation sites (N-methyl/N-ethyl adjacent to an activating group) is 1. The van der Waals surface area contributed by atoms with Gasteiger partial charge < -0.3 is 9.47 Å². The van der Waals surface area contributed by atoms with Crippen molar-refractivity contribution < 1.29 is 23.5 Å². The van der Waals surface area contributed by atoms with E-state index in [2.05, 4.69) is 11.0 Å². The van der Waals surface area contributed by atoms with Crippen molar-refractivity contribution in [2.24, 2.45) is 11.8 Å². The molecule has 2 saturated heterocycles. The number of cyclic esters (lactones) is 1. The maximum Gasteiger partial charge on any atom is 0.317 e. The molecule has 1 aliphatic carbocycles. The first kappa shape index (κ1) is 30.4. The van der Waals surface area contributed by atoms with Gasteiger partial charge in [0.25, 0.3) is 0 Å². The third-order valence-corrected chi connectivity index (χ3v) is 9.70. The van der Waals surface area contributed by atoms with Crippen molar-refractivity contribution in [2.75, 3.05) is 26.8 Å². The molecule has 3 fully saturated rings. The van der Waals surface area contributed by atoms with Gasteiger partial charge in [-0.3, -0.25) is 19.2 Å². The Morgan fingerprint density at radius 2 is 2.00 bits per heavy atom. The Morgan fingerprint density at radius 1 is 1.24 bits per heavy atom. The fourth-order valence-corrected chi connectivity index (χ4v) is 6.97. The predicted molar refractivity (Wildman–Crippen MR) is 155 cm³/mol. The summed E-state index contributed by atoms with van der Waals surface area (Å²) in [6.45, 7) is 7.46. The average Bonchev–Trinajstić information content (AvgIpc) is 3.65. The van der Waals surface area contributed by atoms with Gasteiger partial charge in [0.15, 0.2) is 5.78 Å². The smallest absolute Gasteiger partial charge is 0.317 e. The van der Waals surface area contributed by atoms with Crippen LogP contribution in [0.1, 0.15) is 87.8 Å². The largest absolute Gasteiger partial charge is 0.458 e. The van der Waals surface area contributed by atoms with Gasteiger partial charge in [-0.05, 0) is 82.5 Å². The normalized spacial score (nSPS) is 25.9. The zero-order valence-corrected chi connectivity index (χ0v) is 25.3. The Balaban J connectivity index is 1.33. The minimum atomic E-state index is -0.928. The van der Waals surface area contributed by atoms with Gasteiger partial charge in [0, 0.05) is 24.7 Å². The molecular formula is C33H43FN4O4. The SMILES string of the molecule is CCc1nn(C2COCCN2C)cc1CC1C(=O)CC(CCc2ccc(C(C)(C)C#N)c(F)c2)(C2CCCC2)OC1=O. The van der Waals surface area contributed by atoms with Gasteiger partial charge in [0.05, 0.1) is 30.4 Å². The zero-order chi connectivity index (χ0) is 30.1. The highest BCUT2D eigenvalue weighted by Gasteiger charge is 2.51. The summed E-state index contributed by atoms with van der Waals surface area (Å²) >= 11 is 0. The second kappa shape index (κ2) is 12.3. The molecule has 1 aromatic carbocycles. The summed E-state index contributed by atoms with van der Waals surface area (Å²) in [5.74, 6) is -1.69. The van der Waals surface area contributed by atoms with Gasteiger partial charge >= 0.3 is 5.97 Å². The molecule has 3 atom stereocenters. The summed E-state index contributed by atoms with van der Waals surface area (Å²) in [6.07, 6.45) is 7.97. The van der Waals surface area contributed by atoms with Gasteiger partial charge in [-0.2, -0.15) is 10.4 Å². The Bertz CT molecular complexity index is 1340. The lowest BCUT2D eigenvalue weighted by Crippen LogP contribution is -2.52. The van der Waals surface area contributed by atoms with Gasteiger partial charge in [-0.1, -0.05) is 31.9 Å². The summed E-state index contributed by atoms with van der Waals surface area (Å²) in [4.78, 5) is 29.5. The van der Waals surface area contributed by atoms with E-state index in [9.17, 15) is 19.2 Å². The molecule has 0 spiro atoms. The van der Waals surface area contributed by atoms with Crippen molar-refractivity contribution >= 4 is 11.8 Å². The number of nitriles is 1. The van der Waals surface area contributed by atoms with Crippen LogP contribution in [0.25, 0.3) is 0 Å². The topological polar surface area (TPSA) is 97.5 Å². The lowest BCUT2D eigenvalue weighted by atomic mass is 9.73. The number of halogens is 1. The van der Waals surface area contributed by atoms with Crippen LogP contribution in [0, 0.1) is 29.0 Å². The maximum atomic E-state index is 15.0. The summed E-state index contributed by atoms with van der Waals surface area (Å²) in [5, 5.41) is 14.2. The number of ketones is 1. The first-order chi connectivity index (χ1) is 20.1. The van der Waals surface area contributed by atoms with E-state index in [0.717, 1.165) is 49.0 Å². The lowest BCUT2D eigenvalue weighted by molar-refractivity contribution is -0.185. The third-order valence-electron chi connectivity index (χ3n) is 9.70. The fourth-order valence-electron chi connectivity index (χ4n) is 6.97. The van der Waals surface area contributed by atoms with E-state index in [1.807, 2.05) is 30.9 Å². The monoisotopic (exact) mass is 578 g/mol. The van der Waals surface area contributed by atoms with E-state index in [4.69, 9.17) is 14.6 Å². The highest BCUT2D eigenvalue weighted by atomic mass is 19.1. The first-order valence-electron chi connectivity index (χ1n) is 15.4. The van der Waals surface area contributed by atoms with Crippen LogP contribution in [-0.2, 0) is 43.7 Å². The number of morpholine rings is 1. The number of Topliss-reactive ketones (excluding diaryl/α,β-unsaturated/α-hetero) is 1. The molecule has 1 saturated carbocycles. The minimum absolute atomic E-state index is 0.0216. The number of esters is 1. The van der Waals surface area contributed by atoms with Gasteiger partial charge in [-0.25, -0.2) is 4.39 Å². The van der Waals surface area contributed by atoms with Crippen LogP contribution in [0.15, 0.2) is 24.4 Å². The van der Waals surface area contributed by atoms with Crippen molar-refractivity contribution in [3.05, 3.63) is 52.6 Å². The molecule has 9 heteroatoms. The average molecular weight is 579 g/mol. The molecule has 42 heavy (non-hydrogen) atoms. The van der Waals surface area contributed by atoms with Gasteiger partial charge in [0.2, 0.25) is 0 Å². The van der Waals surface area contributed by atoms with Gasteiger partial charge in [0.1, 0.15) is 23.5 Å². The number of carbonyl (C=O) groups is 2. The van der Waals surface area contributed by atoms with Crippen LogP contribution in [0.4, 0.5) is 4.39 Å². The van der Waals surface area contributed by atoms with Gasteiger partial charge in [-0.15, -0.1) is 0 Å². The van der Waals surface area contributed by atoms with E-state index in [1.54, 1.807) is 19.9 Å². The molecule has 1 aromatic heterocycles. The van der Waals surface area contributed by atoms with Crippen molar-refractivity contribution in [3.63, 3.8) is 0 Å². The highest BCUT2D eigenvalue weighted by Crippen LogP contribution is 2.45. The Kier molecular flexibility index (Phi) is 8.86. The first-order valence-corrected chi connectivity index (χ1v) is 15.4. The number of hydrogen-bond donors (Lipinski definition) is 0. The number of rotatable bonds is 9. The number of nitrogens with zero attached hydrogens (tertiary/aromatic N) is 4. The fraction of sp³-hybridized carbons (Fsp3) is 0.636. The van der Waals surface area contributed by atoms with E-state index >= 15 is 0 Å². The number of hydrogen-bond acceptors (Lipinski definition) is 7. The quantitative estimate of drug-likeness (QED) is 0.302. The molecule has 226 valence electrons. The molecule has 2 aliphatic heterocycles. The summed E-state index contributed by atoms with van der Waals surface area (Å²) in [7, 11) is 2.04. The van der Waals surface area contributed by atoms with Crippen molar-refractivity contribution in [2.45, 2.75) is 95.7 Å². The molecule has 3 heterocycles. The van der Waals surface area contributed by atoms with Crippen LogP contribution in [-0.4, -0.2) is 58.8 Å². The minimum Gasteiger partial charge on any atom is -0.458 e. The second-order valence-electron chi connectivity index (χ2n) is 12.9. The standard InChI is InChI=1S/C33H43FN4O4/c1-5-28-23(19-38(36-28)30-20-41-15-14-37(30)4)17-25-29(39)18-33(42-31(25)40,24-8-6-7-9-24)13-12-22-10-11-26(27(34)16-22)32(2,3)21-35/h10-11,16,19,24-25,30H,5-9,12-15,17-18,20H2,1-4H3. The summed E-state index contributed by atoms with van der Waals surface area (Å²) < 4.78 is 28.9. The number of ether oxygens (including phenoxy) is 2. The maximum absolute atomic E-state index is 15.0. The highest BCUT2D eigenvalue weighted by molar-refractivity contribution is 6.02. The van der Waals surface area contributed by atoms with Crippen LogP contribution in [0.2, 0.25) is 0 Å². The number of carbonyl (C=O) groups excluding carboxylic acids is 2. The Hall–Kier alpha value is -3.09. The van der Waals surface area contributed by atoms with E-state index < -0.39 is 28.7 Å². The van der Waals surface area contributed by atoms with E-state index in [0.29, 0.717) is 38.0 Å². The molecule has 8 nitrogen and oxygen atoms in total. The molecule has 3 unspecified atom stereocenters. The predicted octanol–water partition coefficient (Wildman–Crippen LogP) is 5.08. The molecular weight excluding hydrogens is 535 g/mol.